The first-order valence-electron chi connectivity index (χ1n) is 7.64. The fraction of sp³-hybridized carbons (Fsp3) is 0.929. The summed E-state index contributed by atoms with van der Waals surface area (Å²) in [5, 5.41) is 6.60. The predicted molar refractivity (Wildman–Crippen MR) is 72.9 cm³/mol. The minimum atomic E-state index is -0.0895. The van der Waals surface area contributed by atoms with Crippen LogP contribution in [0.3, 0.4) is 0 Å². The zero-order chi connectivity index (χ0) is 13.2. The summed E-state index contributed by atoms with van der Waals surface area (Å²) in [4.78, 5) is 14.7. The summed E-state index contributed by atoms with van der Waals surface area (Å²) >= 11 is 0. The fourth-order valence-electron chi connectivity index (χ4n) is 3.29. The van der Waals surface area contributed by atoms with Crippen LogP contribution in [0.2, 0.25) is 0 Å². The van der Waals surface area contributed by atoms with Gasteiger partial charge in [-0.3, -0.25) is 9.69 Å². The van der Waals surface area contributed by atoms with Gasteiger partial charge in [-0.1, -0.05) is 13.3 Å². The van der Waals surface area contributed by atoms with Crippen molar-refractivity contribution in [2.45, 2.75) is 44.3 Å². The number of morpholine rings is 1. The van der Waals surface area contributed by atoms with Crippen LogP contribution in [0.1, 0.15) is 26.2 Å². The number of carbonyl (C=O) groups excluding carboxylic acids is 1. The maximum Gasteiger partial charge on any atom is 0.239 e. The van der Waals surface area contributed by atoms with Gasteiger partial charge in [0, 0.05) is 25.2 Å². The van der Waals surface area contributed by atoms with Crippen LogP contribution >= 0.6 is 0 Å². The number of hydrogen-bond donors (Lipinski definition) is 2. The molecule has 3 fully saturated rings. The molecule has 0 aromatic carbocycles. The fourth-order valence-corrected chi connectivity index (χ4v) is 3.29. The molecular formula is C14H25N3O2. The van der Waals surface area contributed by atoms with Gasteiger partial charge in [-0.2, -0.15) is 0 Å². The molecule has 0 aromatic rings. The molecule has 108 valence electrons. The summed E-state index contributed by atoms with van der Waals surface area (Å²) in [6.07, 6.45) is 3.45. The molecule has 2 saturated heterocycles. The molecule has 0 radical (unpaired) electrons. The van der Waals surface area contributed by atoms with Gasteiger partial charge in [0.2, 0.25) is 5.91 Å². The molecule has 0 aromatic heterocycles. The lowest BCUT2D eigenvalue weighted by atomic mass is 9.97. The lowest BCUT2D eigenvalue weighted by Crippen LogP contribution is -2.59. The maximum atomic E-state index is 12.4. The smallest absolute Gasteiger partial charge is 0.239 e. The highest BCUT2D eigenvalue weighted by Gasteiger charge is 2.40. The molecule has 2 aliphatic heterocycles. The number of amides is 1. The Balaban J connectivity index is 1.67. The molecule has 19 heavy (non-hydrogen) atoms. The van der Waals surface area contributed by atoms with Gasteiger partial charge in [-0.05, 0) is 25.3 Å². The first-order chi connectivity index (χ1) is 9.29. The van der Waals surface area contributed by atoms with Gasteiger partial charge in [-0.25, -0.2) is 0 Å². The van der Waals surface area contributed by atoms with Crippen molar-refractivity contribution in [3.63, 3.8) is 0 Å². The van der Waals surface area contributed by atoms with Gasteiger partial charge in [-0.15, -0.1) is 0 Å². The summed E-state index contributed by atoms with van der Waals surface area (Å²) in [6, 6.07) is 0.831. The molecule has 5 heteroatoms. The lowest BCUT2D eigenvalue weighted by Gasteiger charge is -2.40. The first kappa shape index (κ1) is 13.3. The van der Waals surface area contributed by atoms with E-state index in [-0.39, 0.29) is 11.9 Å². The number of nitrogens with zero attached hydrogens (tertiary/aromatic N) is 1. The van der Waals surface area contributed by atoms with E-state index in [1.807, 2.05) is 0 Å². The van der Waals surface area contributed by atoms with Crippen LogP contribution < -0.4 is 10.6 Å². The molecule has 2 heterocycles. The zero-order valence-electron chi connectivity index (χ0n) is 11.7. The highest BCUT2D eigenvalue weighted by molar-refractivity contribution is 5.82. The number of nitrogens with one attached hydrogen (secondary N) is 2. The van der Waals surface area contributed by atoms with Gasteiger partial charge in [0.25, 0.3) is 0 Å². The van der Waals surface area contributed by atoms with Crippen LogP contribution in [0, 0.1) is 5.92 Å². The Morgan fingerprint density at radius 3 is 3.00 bits per heavy atom. The van der Waals surface area contributed by atoms with Gasteiger partial charge >= 0.3 is 0 Å². The molecule has 2 N–H and O–H groups in total. The molecule has 0 spiro atoms. The van der Waals surface area contributed by atoms with Crippen molar-refractivity contribution in [1.29, 1.82) is 0 Å². The largest absolute Gasteiger partial charge is 0.378 e. The van der Waals surface area contributed by atoms with E-state index < -0.39 is 0 Å². The minimum Gasteiger partial charge on any atom is -0.378 e. The Labute approximate surface area is 115 Å². The van der Waals surface area contributed by atoms with E-state index >= 15 is 0 Å². The third-order valence-corrected chi connectivity index (χ3v) is 4.65. The molecule has 3 unspecified atom stereocenters. The molecule has 5 nitrogen and oxygen atoms in total. The average molecular weight is 267 g/mol. The van der Waals surface area contributed by atoms with E-state index in [0.29, 0.717) is 24.6 Å². The molecule has 3 atom stereocenters. The average Bonchev–Trinajstić information content (AvgIpc) is 3.12. The van der Waals surface area contributed by atoms with Crippen molar-refractivity contribution in [3.8, 4) is 0 Å². The second kappa shape index (κ2) is 5.77. The third-order valence-electron chi connectivity index (χ3n) is 4.65. The van der Waals surface area contributed by atoms with Crippen LogP contribution in [-0.4, -0.2) is 61.8 Å². The quantitative estimate of drug-likeness (QED) is 0.751. The van der Waals surface area contributed by atoms with E-state index in [0.717, 1.165) is 39.1 Å². The normalized spacial score (nSPS) is 36.4. The number of rotatable bonds is 4. The summed E-state index contributed by atoms with van der Waals surface area (Å²) in [5.41, 5.74) is 0. The summed E-state index contributed by atoms with van der Waals surface area (Å²) in [5.74, 6) is 0.832. The molecule has 1 saturated carbocycles. The van der Waals surface area contributed by atoms with Gasteiger partial charge in [0.1, 0.15) is 6.04 Å². The van der Waals surface area contributed by atoms with Crippen molar-refractivity contribution in [3.05, 3.63) is 0 Å². The second-order valence-corrected chi connectivity index (χ2v) is 6.01. The van der Waals surface area contributed by atoms with Crippen LogP contribution in [-0.2, 0) is 9.53 Å². The van der Waals surface area contributed by atoms with Crippen LogP contribution in [0.5, 0.6) is 0 Å². The molecule has 0 bridgehead atoms. The Morgan fingerprint density at radius 2 is 2.26 bits per heavy atom. The van der Waals surface area contributed by atoms with Gasteiger partial charge < -0.3 is 15.4 Å². The van der Waals surface area contributed by atoms with Crippen LogP contribution in [0.4, 0.5) is 0 Å². The van der Waals surface area contributed by atoms with E-state index in [1.54, 1.807) is 0 Å². The molecule has 3 rings (SSSR count). The maximum absolute atomic E-state index is 12.4. The monoisotopic (exact) mass is 267 g/mol. The topological polar surface area (TPSA) is 53.6 Å². The Kier molecular flexibility index (Phi) is 4.05. The predicted octanol–water partition coefficient (Wildman–Crippen LogP) is -0.0362. The Bertz CT molecular complexity index is 333. The second-order valence-electron chi connectivity index (χ2n) is 6.01. The van der Waals surface area contributed by atoms with E-state index in [2.05, 4.69) is 22.5 Å². The Morgan fingerprint density at radius 1 is 1.42 bits per heavy atom. The summed E-state index contributed by atoms with van der Waals surface area (Å²) in [7, 11) is 0. The highest BCUT2D eigenvalue weighted by atomic mass is 16.5. The van der Waals surface area contributed by atoms with E-state index in [1.165, 1.54) is 6.42 Å². The van der Waals surface area contributed by atoms with Crippen molar-refractivity contribution < 1.29 is 9.53 Å². The van der Waals surface area contributed by atoms with Crippen LogP contribution in [0.25, 0.3) is 0 Å². The number of ether oxygens (including phenoxy) is 1. The van der Waals surface area contributed by atoms with E-state index in [9.17, 15) is 4.79 Å². The number of hydrogen-bond acceptors (Lipinski definition) is 4. The van der Waals surface area contributed by atoms with Crippen LogP contribution in [0.15, 0.2) is 0 Å². The van der Waals surface area contributed by atoms with E-state index in [4.69, 9.17) is 4.74 Å². The minimum absolute atomic E-state index is 0.0895. The Hall–Kier alpha value is -0.650. The molecular weight excluding hydrogens is 242 g/mol. The van der Waals surface area contributed by atoms with Crippen molar-refractivity contribution in [2.75, 3.05) is 32.8 Å². The van der Waals surface area contributed by atoms with Crippen molar-refractivity contribution in [2.24, 2.45) is 5.92 Å². The van der Waals surface area contributed by atoms with Gasteiger partial charge in [0.05, 0.1) is 13.2 Å². The zero-order valence-corrected chi connectivity index (χ0v) is 11.7. The first-order valence-corrected chi connectivity index (χ1v) is 7.64. The summed E-state index contributed by atoms with van der Waals surface area (Å²) < 4.78 is 5.54. The lowest BCUT2D eigenvalue weighted by molar-refractivity contribution is -0.135. The van der Waals surface area contributed by atoms with Gasteiger partial charge in [0.15, 0.2) is 0 Å². The number of carbonyl (C=O) groups is 1. The molecule has 1 amide bonds. The highest BCUT2D eigenvalue weighted by Crippen LogP contribution is 2.24. The molecule has 1 aliphatic carbocycles. The van der Waals surface area contributed by atoms with Crippen molar-refractivity contribution in [1.82, 2.24) is 15.5 Å². The standard InChI is InChI=1S/C14H25N3O2/c1-2-10-7-15-8-12(10)17-5-6-19-9-13(17)14(18)16-11-3-4-11/h10-13,15H,2-9H2,1H3,(H,16,18). The molecule has 3 aliphatic rings. The third kappa shape index (κ3) is 2.93. The summed E-state index contributed by atoms with van der Waals surface area (Å²) in [6.45, 7) is 6.50. The van der Waals surface area contributed by atoms with Crippen molar-refractivity contribution >= 4 is 5.91 Å². The SMILES string of the molecule is CCC1CNCC1N1CCOCC1C(=O)NC1CC1.